The van der Waals surface area contributed by atoms with Crippen LogP contribution in [0.25, 0.3) is 33.4 Å². The van der Waals surface area contributed by atoms with Gasteiger partial charge in [0.1, 0.15) is 5.69 Å². The van der Waals surface area contributed by atoms with Gasteiger partial charge in [-0.25, -0.2) is 4.79 Å². The molecule has 2 aromatic heterocycles. The number of carbonyl (C=O) groups is 2. The molecule has 0 bridgehead atoms. The molecule has 0 spiro atoms. The highest BCUT2D eigenvalue weighted by atomic mass is 35.5. The Hall–Kier alpha value is -4.33. The number of hydrogen-bond donors (Lipinski definition) is 2. The minimum absolute atomic E-state index is 0.165. The quantitative estimate of drug-likeness (QED) is 0.329. The molecule has 0 aliphatic heterocycles. The largest absolute Gasteiger partial charge is 0.478 e. The number of aryl methyl sites for hydroxylation is 1. The monoisotopic (exact) mass is 496 g/mol. The molecule has 0 atom stereocenters. The second-order valence-corrected chi connectivity index (χ2v) is 8.77. The molecule has 0 fully saturated rings. The van der Waals surface area contributed by atoms with E-state index in [9.17, 15) is 14.7 Å². The van der Waals surface area contributed by atoms with Gasteiger partial charge in [-0.2, -0.15) is 9.78 Å². The first-order chi connectivity index (χ1) is 17.4. The van der Waals surface area contributed by atoms with Crippen molar-refractivity contribution in [3.05, 3.63) is 106 Å². The van der Waals surface area contributed by atoms with Gasteiger partial charge in [0, 0.05) is 29.3 Å². The zero-order valence-corrected chi connectivity index (χ0v) is 20.0. The average molecular weight is 497 g/mol. The summed E-state index contributed by atoms with van der Waals surface area (Å²) in [6, 6.07) is 21.1. The summed E-state index contributed by atoms with van der Waals surface area (Å²) in [5, 5.41) is 15.0. The zero-order valence-electron chi connectivity index (χ0n) is 19.3. The van der Waals surface area contributed by atoms with Gasteiger partial charge in [0.25, 0.3) is 5.91 Å². The van der Waals surface area contributed by atoms with Crippen LogP contribution in [0.1, 0.15) is 31.8 Å². The first kappa shape index (κ1) is 23.4. The van der Waals surface area contributed by atoms with Crippen LogP contribution in [0.3, 0.4) is 0 Å². The van der Waals surface area contributed by atoms with Crippen LogP contribution < -0.4 is 5.73 Å². The number of carbonyl (C=O) groups excluding carboxylic acids is 1. The number of nitrogens with two attached hydrogens (primary N) is 1. The lowest BCUT2D eigenvalue weighted by Gasteiger charge is -2.09. The van der Waals surface area contributed by atoms with Gasteiger partial charge < -0.3 is 10.8 Å². The lowest BCUT2D eigenvalue weighted by molar-refractivity contribution is 0.0696. The first-order valence-corrected chi connectivity index (χ1v) is 11.6. The van der Waals surface area contributed by atoms with Crippen LogP contribution in [0.4, 0.5) is 0 Å². The van der Waals surface area contributed by atoms with Crippen molar-refractivity contribution in [2.45, 2.75) is 13.5 Å². The molecule has 0 amide bonds. The number of halogens is 1. The number of aromatic nitrogens is 3. The van der Waals surface area contributed by atoms with E-state index < -0.39 is 5.97 Å². The number of aromatic carboxylic acids is 1. The highest BCUT2D eigenvalue weighted by molar-refractivity contribution is 6.34. The number of fused-ring (bicyclic) bond motifs is 1. The van der Waals surface area contributed by atoms with Crippen LogP contribution in [-0.2, 0) is 6.54 Å². The normalized spacial score (nSPS) is 11.1. The maximum absolute atomic E-state index is 13.7. The minimum atomic E-state index is -1.02. The van der Waals surface area contributed by atoms with E-state index in [1.165, 1.54) is 16.8 Å². The molecule has 36 heavy (non-hydrogen) atoms. The fourth-order valence-electron chi connectivity index (χ4n) is 4.18. The summed E-state index contributed by atoms with van der Waals surface area (Å²) in [6.07, 6.45) is 1.70. The van der Waals surface area contributed by atoms with Gasteiger partial charge >= 0.3 is 5.97 Å². The third-order valence-corrected chi connectivity index (χ3v) is 6.39. The Balaban J connectivity index is 1.73. The molecule has 0 saturated heterocycles. The van der Waals surface area contributed by atoms with E-state index in [2.05, 4.69) is 10.1 Å². The Morgan fingerprint density at radius 1 is 1.00 bits per heavy atom. The zero-order chi connectivity index (χ0) is 25.4. The molecule has 2 heterocycles. The van der Waals surface area contributed by atoms with Gasteiger partial charge in [0.15, 0.2) is 0 Å². The predicted molar refractivity (Wildman–Crippen MR) is 139 cm³/mol. The molecule has 178 valence electrons. The summed E-state index contributed by atoms with van der Waals surface area (Å²) in [5.74, 6) is -1.38. The Bertz CT molecular complexity index is 1620. The standard InChI is InChI=1S/C28H21ClN4O3/c1-16-3-2-4-22(29)25(16)27(34)33-24-14-20(23-13-17(15-30)11-12-31-23)9-10-21(24)26(32-33)18-5-7-19(8-6-18)28(35)36/h2-14H,15,30H2,1H3,(H,35,36). The highest BCUT2D eigenvalue weighted by Crippen LogP contribution is 2.33. The lowest BCUT2D eigenvalue weighted by atomic mass is 10.0. The number of hydrogen-bond acceptors (Lipinski definition) is 5. The second kappa shape index (κ2) is 9.37. The van der Waals surface area contributed by atoms with Crippen LogP contribution in [0, 0.1) is 6.92 Å². The Morgan fingerprint density at radius 3 is 2.44 bits per heavy atom. The van der Waals surface area contributed by atoms with Crippen LogP contribution in [0.5, 0.6) is 0 Å². The van der Waals surface area contributed by atoms with E-state index in [1.54, 1.807) is 30.5 Å². The minimum Gasteiger partial charge on any atom is -0.478 e. The van der Waals surface area contributed by atoms with Gasteiger partial charge in [-0.15, -0.1) is 0 Å². The van der Waals surface area contributed by atoms with Gasteiger partial charge in [-0.1, -0.05) is 41.9 Å². The Morgan fingerprint density at radius 2 is 1.75 bits per heavy atom. The average Bonchev–Trinajstić information content (AvgIpc) is 3.27. The number of pyridine rings is 1. The van der Waals surface area contributed by atoms with Gasteiger partial charge in [0.2, 0.25) is 0 Å². The molecule has 8 heteroatoms. The number of rotatable bonds is 5. The van der Waals surface area contributed by atoms with Gasteiger partial charge in [0.05, 0.1) is 27.4 Å². The van der Waals surface area contributed by atoms with E-state index in [0.717, 1.165) is 27.8 Å². The van der Waals surface area contributed by atoms with Crippen molar-refractivity contribution in [2.24, 2.45) is 5.73 Å². The summed E-state index contributed by atoms with van der Waals surface area (Å²) < 4.78 is 1.35. The summed E-state index contributed by atoms with van der Waals surface area (Å²) in [4.78, 5) is 29.5. The highest BCUT2D eigenvalue weighted by Gasteiger charge is 2.22. The Kier molecular flexibility index (Phi) is 6.10. The second-order valence-electron chi connectivity index (χ2n) is 8.37. The predicted octanol–water partition coefficient (Wildman–Crippen LogP) is 5.57. The molecular formula is C28H21ClN4O3. The summed E-state index contributed by atoms with van der Waals surface area (Å²) in [7, 11) is 0. The fourth-order valence-corrected chi connectivity index (χ4v) is 4.48. The molecule has 0 aliphatic carbocycles. The van der Waals surface area contributed by atoms with Crippen molar-refractivity contribution in [1.82, 2.24) is 14.8 Å². The fraction of sp³-hybridized carbons (Fsp3) is 0.0714. The van der Waals surface area contributed by atoms with E-state index in [-0.39, 0.29) is 11.5 Å². The van der Waals surface area contributed by atoms with Gasteiger partial charge in [-0.05, 0) is 60.5 Å². The number of carboxylic acid groups (broad SMARTS) is 1. The maximum Gasteiger partial charge on any atom is 0.335 e. The molecule has 3 N–H and O–H groups in total. The number of nitrogens with zero attached hydrogens (tertiary/aromatic N) is 3. The van der Waals surface area contributed by atoms with Crippen LogP contribution >= 0.6 is 11.6 Å². The summed E-state index contributed by atoms with van der Waals surface area (Å²) in [5.41, 5.74) is 11.3. The molecule has 0 unspecified atom stereocenters. The topological polar surface area (TPSA) is 111 Å². The molecular weight excluding hydrogens is 476 g/mol. The Labute approximate surface area is 211 Å². The van der Waals surface area contributed by atoms with Gasteiger partial charge in [-0.3, -0.25) is 9.78 Å². The maximum atomic E-state index is 13.7. The number of benzene rings is 3. The summed E-state index contributed by atoms with van der Waals surface area (Å²) in [6.45, 7) is 2.21. The van der Waals surface area contributed by atoms with E-state index >= 15 is 0 Å². The molecule has 0 saturated carbocycles. The third kappa shape index (κ3) is 4.15. The lowest BCUT2D eigenvalue weighted by Crippen LogP contribution is -2.15. The number of carboxylic acids is 1. The van der Waals surface area contributed by atoms with Crippen molar-refractivity contribution < 1.29 is 14.7 Å². The van der Waals surface area contributed by atoms with Crippen LogP contribution in [0.15, 0.2) is 79.0 Å². The van der Waals surface area contributed by atoms with Crippen LogP contribution in [-0.4, -0.2) is 31.7 Å². The van der Waals surface area contributed by atoms with Crippen molar-refractivity contribution in [3.8, 4) is 22.5 Å². The smallest absolute Gasteiger partial charge is 0.335 e. The first-order valence-electron chi connectivity index (χ1n) is 11.2. The van der Waals surface area contributed by atoms with Crippen LogP contribution in [0.2, 0.25) is 5.02 Å². The summed E-state index contributed by atoms with van der Waals surface area (Å²) >= 11 is 6.42. The molecule has 0 radical (unpaired) electrons. The van der Waals surface area contributed by atoms with Crippen molar-refractivity contribution >= 4 is 34.4 Å². The van der Waals surface area contributed by atoms with Crippen molar-refractivity contribution in [3.63, 3.8) is 0 Å². The molecule has 3 aromatic carbocycles. The molecule has 7 nitrogen and oxygen atoms in total. The van der Waals surface area contributed by atoms with Crippen molar-refractivity contribution in [2.75, 3.05) is 0 Å². The van der Waals surface area contributed by atoms with Crippen molar-refractivity contribution in [1.29, 1.82) is 0 Å². The SMILES string of the molecule is Cc1cccc(Cl)c1C(=O)n1nc(-c2ccc(C(=O)O)cc2)c2ccc(-c3cc(CN)ccn3)cc21. The van der Waals surface area contributed by atoms with E-state index in [4.69, 9.17) is 17.3 Å². The molecule has 5 aromatic rings. The third-order valence-electron chi connectivity index (χ3n) is 6.07. The van der Waals surface area contributed by atoms with E-state index in [0.29, 0.717) is 33.9 Å². The molecule has 5 rings (SSSR count). The molecule has 0 aliphatic rings. The van der Waals surface area contributed by atoms with E-state index in [1.807, 2.05) is 43.3 Å².